The highest BCUT2D eigenvalue weighted by molar-refractivity contribution is 5.12. The Hall–Kier alpha value is -0.930. The fraction of sp³-hybridized carbons (Fsp3) is 0.706. The fourth-order valence-electron chi connectivity index (χ4n) is 3.44. The second kappa shape index (κ2) is 7.19. The van der Waals surface area contributed by atoms with Crippen molar-refractivity contribution in [3.8, 4) is 0 Å². The van der Waals surface area contributed by atoms with Crippen LogP contribution in [0.15, 0.2) is 24.4 Å². The molecule has 1 fully saturated rings. The van der Waals surface area contributed by atoms with E-state index in [1.54, 1.807) is 0 Å². The number of nitrogens with two attached hydrogens (primary N) is 1. The first-order valence-corrected chi connectivity index (χ1v) is 8.02. The third kappa shape index (κ3) is 3.80. The first-order valence-electron chi connectivity index (χ1n) is 8.02. The van der Waals surface area contributed by atoms with Crippen LogP contribution in [0.3, 0.4) is 0 Å². The van der Waals surface area contributed by atoms with Gasteiger partial charge in [0.15, 0.2) is 0 Å². The number of nitrogens with zero attached hydrogens (tertiary/aromatic N) is 2. The van der Waals surface area contributed by atoms with E-state index >= 15 is 0 Å². The van der Waals surface area contributed by atoms with Gasteiger partial charge in [-0.15, -0.1) is 0 Å². The van der Waals surface area contributed by atoms with E-state index in [0.29, 0.717) is 12.0 Å². The minimum absolute atomic E-state index is 0.101. The van der Waals surface area contributed by atoms with Crippen LogP contribution >= 0.6 is 0 Å². The summed E-state index contributed by atoms with van der Waals surface area (Å²) in [4.78, 5) is 7.21. The van der Waals surface area contributed by atoms with Crippen molar-refractivity contribution >= 4 is 0 Å². The summed E-state index contributed by atoms with van der Waals surface area (Å²) in [5.74, 6) is 0.653. The topological polar surface area (TPSA) is 42.2 Å². The molecule has 1 aromatic rings. The molecule has 112 valence electrons. The van der Waals surface area contributed by atoms with Crippen molar-refractivity contribution in [1.29, 1.82) is 0 Å². The Labute approximate surface area is 123 Å². The zero-order valence-electron chi connectivity index (χ0n) is 13.1. The van der Waals surface area contributed by atoms with Gasteiger partial charge in [0.05, 0.1) is 11.7 Å². The van der Waals surface area contributed by atoms with Crippen molar-refractivity contribution < 1.29 is 0 Å². The average Bonchev–Trinajstić information content (AvgIpc) is 2.92. The molecule has 0 bridgehead atoms. The van der Waals surface area contributed by atoms with Crippen molar-refractivity contribution in [2.75, 3.05) is 6.54 Å². The maximum Gasteiger partial charge on any atom is 0.0673 e. The van der Waals surface area contributed by atoms with Gasteiger partial charge in [-0.05, 0) is 37.8 Å². The quantitative estimate of drug-likeness (QED) is 0.865. The van der Waals surface area contributed by atoms with Crippen LogP contribution in [0.5, 0.6) is 0 Å². The lowest BCUT2D eigenvalue weighted by Gasteiger charge is -2.39. The molecule has 1 aliphatic carbocycles. The van der Waals surface area contributed by atoms with Crippen LogP contribution in [0.4, 0.5) is 0 Å². The van der Waals surface area contributed by atoms with Gasteiger partial charge in [-0.25, -0.2) is 0 Å². The zero-order valence-corrected chi connectivity index (χ0v) is 13.1. The summed E-state index contributed by atoms with van der Waals surface area (Å²) in [6.45, 7) is 7.80. The number of hydrogen-bond acceptors (Lipinski definition) is 3. The molecule has 0 saturated heterocycles. The summed E-state index contributed by atoms with van der Waals surface area (Å²) in [5, 5.41) is 0. The van der Waals surface area contributed by atoms with Crippen molar-refractivity contribution in [3.63, 3.8) is 0 Å². The van der Waals surface area contributed by atoms with Gasteiger partial charge in [0.25, 0.3) is 0 Å². The van der Waals surface area contributed by atoms with Gasteiger partial charge in [-0.1, -0.05) is 32.8 Å². The van der Waals surface area contributed by atoms with Crippen molar-refractivity contribution in [3.05, 3.63) is 30.1 Å². The molecule has 1 saturated carbocycles. The predicted molar refractivity (Wildman–Crippen MR) is 84.4 cm³/mol. The van der Waals surface area contributed by atoms with E-state index in [0.717, 1.165) is 12.2 Å². The molecule has 1 aromatic heterocycles. The molecule has 3 heteroatoms. The van der Waals surface area contributed by atoms with Crippen LogP contribution in [0.25, 0.3) is 0 Å². The third-order valence-corrected chi connectivity index (χ3v) is 4.22. The first-order chi connectivity index (χ1) is 9.59. The number of aromatic nitrogens is 1. The molecule has 0 radical (unpaired) electrons. The largest absolute Gasteiger partial charge is 0.326 e. The highest BCUT2D eigenvalue weighted by Gasteiger charge is 2.32. The molecule has 20 heavy (non-hydrogen) atoms. The molecular formula is C17H29N3. The van der Waals surface area contributed by atoms with Crippen LogP contribution in [0.2, 0.25) is 0 Å². The molecule has 2 rings (SSSR count). The number of hydrogen-bond donors (Lipinski definition) is 1. The lowest BCUT2D eigenvalue weighted by molar-refractivity contribution is 0.101. The standard InChI is InChI=1S/C17H29N3/c1-13(2)12-20(15-8-4-5-9-15)17(14(3)18)16-10-6-7-11-19-16/h6-7,10-11,13-15,17H,4-5,8-9,12,18H2,1-3H3. The zero-order chi connectivity index (χ0) is 14.5. The van der Waals surface area contributed by atoms with Crippen LogP contribution in [-0.2, 0) is 0 Å². The summed E-state index contributed by atoms with van der Waals surface area (Å²) in [5.41, 5.74) is 7.45. The number of pyridine rings is 1. The summed E-state index contributed by atoms with van der Waals surface area (Å²) < 4.78 is 0. The van der Waals surface area contributed by atoms with Crippen molar-refractivity contribution in [1.82, 2.24) is 9.88 Å². The van der Waals surface area contributed by atoms with E-state index in [1.165, 1.54) is 25.7 Å². The molecule has 2 atom stereocenters. The molecule has 2 unspecified atom stereocenters. The molecule has 0 spiro atoms. The Morgan fingerprint density at radius 1 is 1.25 bits per heavy atom. The highest BCUT2D eigenvalue weighted by atomic mass is 15.2. The Morgan fingerprint density at radius 3 is 2.45 bits per heavy atom. The minimum Gasteiger partial charge on any atom is -0.326 e. The Balaban J connectivity index is 2.26. The first kappa shape index (κ1) is 15.5. The van der Waals surface area contributed by atoms with Gasteiger partial charge in [0, 0.05) is 24.8 Å². The molecule has 2 N–H and O–H groups in total. The fourth-order valence-corrected chi connectivity index (χ4v) is 3.44. The summed E-state index contributed by atoms with van der Waals surface area (Å²) in [7, 11) is 0. The third-order valence-electron chi connectivity index (χ3n) is 4.22. The van der Waals surface area contributed by atoms with Crippen molar-refractivity contribution in [2.24, 2.45) is 11.7 Å². The molecule has 0 aromatic carbocycles. The normalized spacial score (nSPS) is 19.7. The SMILES string of the molecule is CC(C)CN(C1CCCC1)C(c1ccccn1)C(C)N. The van der Waals surface area contributed by atoms with Crippen LogP contribution in [-0.4, -0.2) is 28.5 Å². The van der Waals surface area contributed by atoms with E-state index in [4.69, 9.17) is 5.73 Å². The lowest BCUT2D eigenvalue weighted by Crippen LogP contribution is -2.46. The summed E-state index contributed by atoms with van der Waals surface area (Å²) in [6, 6.07) is 7.18. The smallest absolute Gasteiger partial charge is 0.0673 e. The summed E-state index contributed by atoms with van der Waals surface area (Å²) >= 11 is 0. The van der Waals surface area contributed by atoms with Gasteiger partial charge in [-0.3, -0.25) is 9.88 Å². The van der Waals surface area contributed by atoms with Crippen LogP contribution < -0.4 is 5.73 Å². The van der Waals surface area contributed by atoms with Crippen molar-refractivity contribution in [2.45, 2.75) is 64.6 Å². The second-order valence-electron chi connectivity index (χ2n) is 6.59. The molecule has 1 heterocycles. The van der Waals surface area contributed by atoms with E-state index in [2.05, 4.69) is 42.8 Å². The van der Waals surface area contributed by atoms with Gasteiger partial charge < -0.3 is 5.73 Å². The van der Waals surface area contributed by atoms with Crippen LogP contribution in [0, 0.1) is 5.92 Å². The van der Waals surface area contributed by atoms with Gasteiger partial charge in [0.1, 0.15) is 0 Å². The van der Waals surface area contributed by atoms with Crippen LogP contribution in [0.1, 0.15) is 58.2 Å². The molecular weight excluding hydrogens is 246 g/mol. The summed E-state index contributed by atoms with van der Waals surface area (Å²) in [6.07, 6.45) is 7.21. The molecule has 3 nitrogen and oxygen atoms in total. The monoisotopic (exact) mass is 275 g/mol. The lowest BCUT2D eigenvalue weighted by atomic mass is 9.99. The molecule has 0 amide bonds. The average molecular weight is 275 g/mol. The minimum atomic E-state index is 0.101. The van der Waals surface area contributed by atoms with E-state index in [1.807, 2.05) is 12.3 Å². The maximum absolute atomic E-state index is 6.33. The highest BCUT2D eigenvalue weighted by Crippen LogP contribution is 2.32. The predicted octanol–water partition coefficient (Wildman–Crippen LogP) is 3.37. The molecule has 0 aliphatic heterocycles. The molecule has 1 aliphatic rings. The Morgan fingerprint density at radius 2 is 1.95 bits per heavy atom. The van der Waals surface area contributed by atoms with Gasteiger partial charge in [0.2, 0.25) is 0 Å². The number of rotatable bonds is 6. The Kier molecular flexibility index (Phi) is 5.55. The van der Waals surface area contributed by atoms with E-state index in [9.17, 15) is 0 Å². The second-order valence-corrected chi connectivity index (χ2v) is 6.59. The van der Waals surface area contributed by atoms with E-state index in [-0.39, 0.29) is 12.1 Å². The van der Waals surface area contributed by atoms with Gasteiger partial charge >= 0.3 is 0 Å². The van der Waals surface area contributed by atoms with E-state index < -0.39 is 0 Å². The maximum atomic E-state index is 6.33. The Bertz CT molecular complexity index is 382. The van der Waals surface area contributed by atoms with Gasteiger partial charge in [-0.2, -0.15) is 0 Å².